The Kier molecular flexibility index (Phi) is 8.62. The molecule has 3 rings (SSSR count). The van der Waals surface area contributed by atoms with E-state index >= 15 is 0 Å². The van der Waals surface area contributed by atoms with Crippen molar-refractivity contribution < 1.29 is 19.1 Å². The van der Waals surface area contributed by atoms with Gasteiger partial charge in [0.1, 0.15) is 5.75 Å². The highest BCUT2D eigenvalue weighted by Crippen LogP contribution is 2.20. The molecular weight excluding hydrogens is 432 g/mol. The van der Waals surface area contributed by atoms with Crippen molar-refractivity contribution in [3.05, 3.63) is 59.1 Å². The molecule has 0 atom stereocenters. The highest BCUT2D eigenvalue weighted by atomic mass is 35.5. The fourth-order valence-electron chi connectivity index (χ4n) is 3.18. The van der Waals surface area contributed by atoms with Crippen LogP contribution in [0.3, 0.4) is 0 Å². The third kappa shape index (κ3) is 7.09. The van der Waals surface area contributed by atoms with Crippen LogP contribution in [0.2, 0.25) is 5.02 Å². The molecule has 0 aromatic heterocycles. The number of amides is 3. The molecule has 2 aromatic carbocycles. The first-order valence-electron chi connectivity index (χ1n) is 10.4. The van der Waals surface area contributed by atoms with E-state index in [4.69, 9.17) is 16.3 Å². The van der Waals surface area contributed by atoms with Gasteiger partial charge in [0, 0.05) is 13.1 Å². The van der Waals surface area contributed by atoms with E-state index in [0.29, 0.717) is 35.1 Å². The summed E-state index contributed by atoms with van der Waals surface area (Å²) in [6, 6.07) is 13.7. The van der Waals surface area contributed by atoms with Crippen LogP contribution in [0.5, 0.6) is 5.75 Å². The minimum absolute atomic E-state index is 0.173. The largest absolute Gasteiger partial charge is 0.484 e. The summed E-state index contributed by atoms with van der Waals surface area (Å²) < 4.78 is 5.47. The summed E-state index contributed by atoms with van der Waals surface area (Å²) in [5.74, 6) is -1.13. The number of hydrogen-bond acceptors (Lipinski definition) is 5. The molecule has 1 aliphatic rings. The van der Waals surface area contributed by atoms with E-state index in [-0.39, 0.29) is 12.5 Å². The number of ether oxygens (including phenoxy) is 1. The Balaban J connectivity index is 1.43. The fourth-order valence-corrected chi connectivity index (χ4v) is 3.36. The van der Waals surface area contributed by atoms with E-state index in [1.807, 2.05) is 0 Å². The van der Waals surface area contributed by atoms with Gasteiger partial charge in [-0.1, -0.05) is 36.6 Å². The van der Waals surface area contributed by atoms with Crippen molar-refractivity contribution in [2.75, 3.05) is 25.0 Å². The number of rotatable bonds is 6. The smallest absolute Gasteiger partial charge is 0.329 e. The second-order valence-electron chi connectivity index (χ2n) is 7.29. The van der Waals surface area contributed by atoms with Gasteiger partial charge in [0.05, 0.1) is 16.9 Å². The summed E-state index contributed by atoms with van der Waals surface area (Å²) in [7, 11) is 0. The van der Waals surface area contributed by atoms with Crippen LogP contribution in [-0.4, -0.2) is 48.5 Å². The number of carbonyl (C=O) groups excluding carboxylic acids is 3. The Morgan fingerprint density at radius 2 is 1.69 bits per heavy atom. The number of halogens is 1. The predicted octanol–water partition coefficient (Wildman–Crippen LogP) is 3.21. The number of nitrogens with one attached hydrogen (secondary N) is 2. The average Bonchev–Trinajstić information content (AvgIpc) is 3.09. The Labute approximate surface area is 191 Å². The van der Waals surface area contributed by atoms with Crippen LogP contribution in [0.1, 0.15) is 31.2 Å². The number of hydrazone groups is 1. The quantitative estimate of drug-likeness (QED) is 0.396. The molecule has 2 aromatic rings. The molecule has 1 heterocycles. The molecule has 32 heavy (non-hydrogen) atoms. The Morgan fingerprint density at radius 3 is 2.38 bits per heavy atom. The van der Waals surface area contributed by atoms with Crippen molar-refractivity contribution in [1.82, 2.24) is 10.3 Å². The van der Waals surface area contributed by atoms with Crippen molar-refractivity contribution >= 4 is 41.2 Å². The second kappa shape index (κ2) is 11.9. The zero-order chi connectivity index (χ0) is 22.8. The molecule has 9 heteroatoms. The van der Waals surface area contributed by atoms with Crippen LogP contribution in [-0.2, 0) is 14.4 Å². The monoisotopic (exact) mass is 456 g/mol. The van der Waals surface area contributed by atoms with Gasteiger partial charge < -0.3 is 15.0 Å². The third-order valence-corrected chi connectivity index (χ3v) is 5.19. The van der Waals surface area contributed by atoms with E-state index in [9.17, 15) is 14.4 Å². The molecule has 0 aliphatic carbocycles. The molecular formula is C23H25ClN4O4. The van der Waals surface area contributed by atoms with E-state index in [1.165, 1.54) is 6.21 Å². The van der Waals surface area contributed by atoms with Crippen molar-refractivity contribution in [2.24, 2.45) is 5.10 Å². The summed E-state index contributed by atoms with van der Waals surface area (Å²) in [5, 5.41) is 6.98. The molecule has 1 saturated heterocycles. The van der Waals surface area contributed by atoms with Gasteiger partial charge >= 0.3 is 11.8 Å². The molecule has 2 N–H and O–H groups in total. The third-order valence-electron chi connectivity index (χ3n) is 4.87. The van der Waals surface area contributed by atoms with Crippen molar-refractivity contribution in [3.8, 4) is 5.75 Å². The van der Waals surface area contributed by atoms with Crippen molar-refractivity contribution in [2.45, 2.75) is 25.7 Å². The van der Waals surface area contributed by atoms with Crippen molar-refractivity contribution in [1.29, 1.82) is 0 Å². The van der Waals surface area contributed by atoms with Crippen LogP contribution in [0.25, 0.3) is 0 Å². The first-order valence-corrected chi connectivity index (χ1v) is 10.8. The summed E-state index contributed by atoms with van der Waals surface area (Å²) in [5.41, 5.74) is 3.49. The maximum Gasteiger partial charge on any atom is 0.329 e. The molecule has 8 nitrogen and oxygen atoms in total. The summed E-state index contributed by atoms with van der Waals surface area (Å²) in [6.07, 6.45) is 5.42. The fraction of sp³-hybridized carbons (Fsp3) is 0.304. The van der Waals surface area contributed by atoms with E-state index in [1.54, 1.807) is 53.4 Å². The number of carbonyl (C=O) groups is 3. The van der Waals surface area contributed by atoms with Crippen LogP contribution in [0.15, 0.2) is 53.6 Å². The van der Waals surface area contributed by atoms with Gasteiger partial charge in [0.25, 0.3) is 5.91 Å². The number of anilines is 1. The summed E-state index contributed by atoms with van der Waals surface area (Å²) in [6.45, 7) is 1.04. The highest BCUT2D eigenvalue weighted by molar-refractivity contribution is 6.35. The molecule has 0 bridgehead atoms. The zero-order valence-corrected chi connectivity index (χ0v) is 18.3. The van der Waals surface area contributed by atoms with Gasteiger partial charge in [0.15, 0.2) is 6.61 Å². The zero-order valence-electron chi connectivity index (χ0n) is 17.6. The molecule has 0 spiro atoms. The molecule has 0 unspecified atom stereocenters. The second-order valence-corrected chi connectivity index (χ2v) is 7.70. The highest BCUT2D eigenvalue weighted by Gasteiger charge is 2.22. The van der Waals surface area contributed by atoms with Crippen LogP contribution < -0.4 is 15.5 Å². The van der Waals surface area contributed by atoms with Gasteiger partial charge in [-0.05, 0) is 54.8 Å². The maximum atomic E-state index is 12.2. The molecule has 1 aliphatic heterocycles. The number of benzene rings is 2. The Morgan fingerprint density at radius 1 is 1.00 bits per heavy atom. The van der Waals surface area contributed by atoms with Crippen LogP contribution in [0, 0.1) is 0 Å². The van der Waals surface area contributed by atoms with E-state index in [2.05, 4.69) is 15.8 Å². The molecule has 3 amide bonds. The first-order chi connectivity index (χ1) is 15.5. The van der Waals surface area contributed by atoms with Gasteiger partial charge in [-0.2, -0.15) is 5.10 Å². The van der Waals surface area contributed by atoms with Crippen LogP contribution >= 0.6 is 11.6 Å². The normalized spacial score (nSPS) is 14.0. The lowest BCUT2D eigenvalue weighted by Crippen LogP contribution is -2.41. The summed E-state index contributed by atoms with van der Waals surface area (Å²) >= 11 is 6.01. The number of para-hydroxylation sites is 1. The van der Waals surface area contributed by atoms with E-state index < -0.39 is 11.8 Å². The predicted molar refractivity (Wildman–Crippen MR) is 123 cm³/mol. The maximum absolute atomic E-state index is 12.2. The average molecular weight is 457 g/mol. The standard InChI is InChI=1S/C23H25ClN4O4/c24-19-7-3-4-8-20(19)26-21(29)16-32-18-11-9-17(10-12-18)15-25-27-22(30)23(31)28-13-5-1-2-6-14-28/h3-4,7-12,15H,1-2,5-6,13-14,16H2,(H,26,29)(H,27,30). The van der Waals surface area contributed by atoms with Gasteiger partial charge in [-0.25, -0.2) is 5.43 Å². The summed E-state index contributed by atoms with van der Waals surface area (Å²) in [4.78, 5) is 37.8. The lowest BCUT2D eigenvalue weighted by atomic mass is 10.2. The minimum Gasteiger partial charge on any atom is -0.484 e. The Hall–Kier alpha value is -3.39. The van der Waals surface area contributed by atoms with Crippen molar-refractivity contribution in [3.63, 3.8) is 0 Å². The molecule has 1 fully saturated rings. The van der Waals surface area contributed by atoms with Crippen LogP contribution in [0.4, 0.5) is 5.69 Å². The van der Waals surface area contributed by atoms with Gasteiger partial charge in [-0.15, -0.1) is 0 Å². The lowest BCUT2D eigenvalue weighted by molar-refractivity contribution is -0.145. The number of nitrogens with zero attached hydrogens (tertiary/aromatic N) is 2. The molecule has 0 saturated carbocycles. The number of likely N-dealkylation sites (tertiary alicyclic amines) is 1. The topological polar surface area (TPSA) is 100 Å². The first kappa shape index (κ1) is 23.3. The van der Waals surface area contributed by atoms with Gasteiger partial charge in [-0.3, -0.25) is 14.4 Å². The van der Waals surface area contributed by atoms with E-state index in [0.717, 1.165) is 25.7 Å². The minimum atomic E-state index is -0.743. The lowest BCUT2D eigenvalue weighted by Gasteiger charge is -2.18. The Bertz CT molecular complexity index is 970. The molecule has 168 valence electrons. The number of hydrogen-bond donors (Lipinski definition) is 2. The SMILES string of the molecule is O=C(COc1ccc(C=NNC(=O)C(=O)N2CCCCCC2)cc1)Nc1ccccc1Cl. The van der Waals surface area contributed by atoms with Gasteiger partial charge in [0.2, 0.25) is 0 Å². The molecule has 0 radical (unpaired) electrons.